The minimum atomic E-state index is -1.03. The highest BCUT2D eigenvalue weighted by Crippen LogP contribution is 2.17. The fourth-order valence-corrected chi connectivity index (χ4v) is 2.55. The van der Waals surface area contributed by atoms with E-state index in [0.717, 1.165) is 11.3 Å². The van der Waals surface area contributed by atoms with Crippen LogP contribution in [0, 0.1) is 6.92 Å². The van der Waals surface area contributed by atoms with Crippen LogP contribution in [-0.4, -0.2) is 32.7 Å². The van der Waals surface area contributed by atoms with Crippen LogP contribution in [0.4, 0.5) is 0 Å². The predicted octanol–water partition coefficient (Wildman–Crippen LogP) is 1.61. The molecule has 8 heteroatoms. The predicted molar refractivity (Wildman–Crippen MR) is 75.8 cm³/mol. The van der Waals surface area contributed by atoms with Crippen LogP contribution >= 0.6 is 11.3 Å². The zero-order chi connectivity index (χ0) is 15.6. The number of thiazole rings is 1. The molecular weight excluding hydrogens is 294 g/mol. The van der Waals surface area contributed by atoms with Gasteiger partial charge in [0.05, 0.1) is 12.2 Å². The van der Waals surface area contributed by atoms with E-state index in [4.69, 9.17) is 5.11 Å². The van der Waals surface area contributed by atoms with Crippen LogP contribution in [0.25, 0.3) is 0 Å². The van der Waals surface area contributed by atoms with Crippen molar-refractivity contribution in [3.8, 4) is 0 Å². The number of Topliss-reactive ketones (excluding diaryl/α,β-unsaturated/α-hetero) is 1. The van der Waals surface area contributed by atoms with E-state index in [1.165, 1.54) is 19.2 Å². The van der Waals surface area contributed by atoms with Crippen molar-refractivity contribution in [1.82, 2.24) is 15.3 Å². The second-order valence-electron chi connectivity index (χ2n) is 4.37. The molecule has 7 nitrogen and oxygen atoms in total. The molecule has 0 aliphatic carbocycles. The van der Waals surface area contributed by atoms with Gasteiger partial charge in [0.15, 0.2) is 5.78 Å². The van der Waals surface area contributed by atoms with Gasteiger partial charge in [-0.05, 0) is 19.9 Å². The second-order valence-corrected chi connectivity index (χ2v) is 5.45. The normalized spacial score (nSPS) is 10.4. The first-order chi connectivity index (χ1) is 9.88. The van der Waals surface area contributed by atoms with Gasteiger partial charge in [0.2, 0.25) is 0 Å². The van der Waals surface area contributed by atoms with E-state index in [2.05, 4.69) is 15.3 Å². The van der Waals surface area contributed by atoms with Gasteiger partial charge in [0, 0.05) is 11.8 Å². The van der Waals surface area contributed by atoms with Gasteiger partial charge in [-0.25, -0.2) is 9.78 Å². The van der Waals surface area contributed by atoms with Crippen molar-refractivity contribution < 1.29 is 19.5 Å². The Kier molecular flexibility index (Phi) is 4.18. The molecule has 2 aromatic rings. The van der Waals surface area contributed by atoms with Crippen molar-refractivity contribution in [2.24, 2.45) is 0 Å². The summed E-state index contributed by atoms with van der Waals surface area (Å²) in [7, 11) is 0. The maximum Gasteiger partial charge on any atom is 0.347 e. The summed E-state index contributed by atoms with van der Waals surface area (Å²) in [5.41, 5.74) is 1.13. The number of hydrogen-bond donors (Lipinski definition) is 3. The lowest BCUT2D eigenvalue weighted by molar-refractivity contribution is 0.0700. The molecule has 110 valence electrons. The Morgan fingerprint density at radius 1 is 1.43 bits per heavy atom. The highest BCUT2D eigenvalue weighted by molar-refractivity contribution is 7.13. The number of carboxylic acid groups (broad SMARTS) is 1. The third kappa shape index (κ3) is 3.34. The van der Waals surface area contributed by atoms with Crippen LogP contribution in [0.3, 0.4) is 0 Å². The smallest absolute Gasteiger partial charge is 0.347 e. The zero-order valence-corrected chi connectivity index (χ0v) is 12.2. The van der Waals surface area contributed by atoms with E-state index in [0.29, 0.717) is 16.3 Å². The molecule has 0 aliphatic heterocycles. The molecular formula is C13H13N3O4S. The maximum atomic E-state index is 11.9. The molecule has 0 aliphatic rings. The highest BCUT2D eigenvalue weighted by Gasteiger charge is 2.15. The van der Waals surface area contributed by atoms with Crippen molar-refractivity contribution in [1.29, 1.82) is 0 Å². The van der Waals surface area contributed by atoms with E-state index < -0.39 is 5.97 Å². The molecule has 2 aromatic heterocycles. The average molecular weight is 307 g/mol. The summed E-state index contributed by atoms with van der Waals surface area (Å²) in [5.74, 6) is -1.54. The second kappa shape index (κ2) is 5.88. The number of rotatable bonds is 5. The summed E-state index contributed by atoms with van der Waals surface area (Å²) in [6.45, 7) is 3.15. The number of carbonyl (C=O) groups excluding carboxylic acids is 2. The van der Waals surface area contributed by atoms with Crippen molar-refractivity contribution in [3.63, 3.8) is 0 Å². The number of nitrogens with one attached hydrogen (secondary N) is 2. The minimum absolute atomic E-state index is 0.131. The summed E-state index contributed by atoms with van der Waals surface area (Å²) < 4.78 is 0. The SMILES string of the molecule is CC(=O)c1c[nH]c(C(=O)NCc2nc(C)c(C(=O)O)s2)c1. The lowest BCUT2D eigenvalue weighted by atomic mass is 10.2. The van der Waals surface area contributed by atoms with Crippen LogP contribution in [0.2, 0.25) is 0 Å². The van der Waals surface area contributed by atoms with Gasteiger partial charge < -0.3 is 15.4 Å². The molecule has 0 atom stereocenters. The van der Waals surface area contributed by atoms with E-state index in [9.17, 15) is 14.4 Å². The largest absolute Gasteiger partial charge is 0.477 e. The van der Waals surface area contributed by atoms with Gasteiger partial charge in [-0.3, -0.25) is 9.59 Å². The third-order valence-electron chi connectivity index (χ3n) is 2.77. The number of H-pyrrole nitrogens is 1. The van der Waals surface area contributed by atoms with Crippen LogP contribution in [-0.2, 0) is 6.54 Å². The van der Waals surface area contributed by atoms with Crippen molar-refractivity contribution in [2.75, 3.05) is 0 Å². The van der Waals surface area contributed by atoms with E-state index >= 15 is 0 Å². The number of ketones is 1. The minimum Gasteiger partial charge on any atom is -0.477 e. The summed E-state index contributed by atoms with van der Waals surface area (Å²) in [6, 6.07) is 1.47. The highest BCUT2D eigenvalue weighted by atomic mass is 32.1. The van der Waals surface area contributed by atoms with Gasteiger partial charge in [-0.15, -0.1) is 11.3 Å². The molecule has 0 saturated heterocycles. The van der Waals surface area contributed by atoms with Gasteiger partial charge >= 0.3 is 5.97 Å². The molecule has 21 heavy (non-hydrogen) atoms. The molecule has 1 amide bonds. The topological polar surface area (TPSA) is 112 Å². The Hall–Kier alpha value is -2.48. The molecule has 0 aromatic carbocycles. The van der Waals surface area contributed by atoms with E-state index in [1.807, 2.05) is 0 Å². The molecule has 0 saturated carbocycles. The lowest BCUT2D eigenvalue weighted by Gasteiger charge is -2.00. The summed E-state index contributed by atoms with van der Waals surface area (Å²) in [4.78, 5) is 40.9. The molecule has 0 radical (unpaired) electrons. The Bertz CT molecular complexity index is 717. The molecule has 0 bridgehead atoms. The molecule has 2 heterocycles. The number of nitrogens with zero attached hydrogens (tertiary/aromatic N) is 1. The maximum absolute atomic E-state index is 11.9. The van der Waals surface area contributed by atoms with Crippen LogP contribution in [0.5, 0.6) is 0 Å². The number of aromatic nitrogens is 2. The van der Waals surface area contributed by atoms with E-state index in [1.54, 1.807) is 6.92 Å². The van der Waals surface area contributed by atoms with Crippen LogP contribution in [0.15, 0.2) is 12.3 Å². The first kappa shape index (κ1) is 14.9. The number of aromatic carboxylic acids is 1. The van der Waals surface area contributed by atoms with Crippen LogP contribution < -0.4 is 5.32 Å². The number of carbonyl (C=O) groups is 3. The fourth-order valence-electron chi connectivity index (χ4n) is 1.71. The molecule has 0 fully saturated rings. The van der Waals surface area contributed by atoms with Crippen molar-refractivity contribution in [2.45, 2.75) is 20.4 Å². The average Bonchev–Trinajstić information content (AvgIpc) is 3.02. The fraction of sp³-hybridized carbons (Fsp3) is 0.231. The van der Waals surface area contributed by atoms with Gasteiger partial charge in [0.25, 0.3) is 5.91 Å². The first-order valence-corrected chi connectivity index (χ1v) is 6.87. The van der Waals surface area contributed by atoms with Crippen molar-refractivity contribution >= 4 is 29.0 Å². The quantitative estimate of drug-likeness (QED) is 0.726. The molecule has 0 unspecified atom stereocenters. The molecule has 2 rings (SSSR count). The Morgan fingerprint density at radius 2 is 2.14 bits per heavy atom. The monoisotopic (exact) mass is 307 g/mol. The Morgan fingerprint density at radius 3 is 2.67 bits per heavy atom. The number of aromatic amines is 1. The number of amides is 1. The number of aryl methyl sites for hydroxylation is 1. The van der Waals surface area contributed by atoms with Gasteiger partial charge in [0.1, 0.15) is 15.6 Å². The first-order valence-electron chi connectivity index (χ1n) is 6.05. The Balaban J connectivity index is 2.02. The standard InChI is InChI=1S/C13H13N3O4S/c1-6-11(13(19)20)21-10(16-6)5-15-12(18)9-3-8(4-14-9)7(2)17/h3-4,14H,5H2,1-2H3,(H,15,18)(H,19,20). The van der Waals surface area contributed by atoms with Gasteiger partial charge in [-0.2, -0.15) is 0 Å². The summed E-state index contributed by atoms with van der Waals surface area (Å²) in [6.07, 6.45) is 1.47. The lowest BCUT2D eigenvalue weighted by Crippen LogP contribution is -2.23. The van der Waals surface area contributed by atoms with Crippen LogP contribution in [0.1, 0.15) is 48.1 Å². The summed E-state index contributed by atoms with van der Waals surface area (Å²) in [5, 5.41) is 12.1. The zero-order valence-electron chi connectivity index (χ0n) is 11.4. The summed E-state index contributed by atoms with van der Waals surface area (Å²) >= 11 is 1.03. The Labute approximate surface area is 124 Å². The number of hydrogen-bond acceptors (Lipinski definition) is 5. The van der Waals surface area contributed by atoms with Crippen molar-refractivity contribution in [3.05, 3.63) is 39.1 Å². The van der Waals surface area contributed by atoms with E-state index in [-0.39, 0.29) is 28.8 Å². The van der Waals surface area contributed by atoms with Gasteiger partial charge in [-0.1, -0.05) is 0 Å². The third-order valence-corrected chi connectivity index (χ3v) is 3.91. The molecule has 0 spiro atoms. The molecule has 3 N–H and O–H groups in total. The number of carboxylic acids is 1.